The maximum absolute atomic E-state index is 8.56. The van der Waals surface area contributed by atoms with Crippen LogP contribution in [0.15, 0.2) is 27.1 Å². The molecule has 0 aliphatic rings. The first kappa shape index (κ1) is 14.7. The third-order valence-electron chi connectivity index (χ3n) is 1.85. The Morgan fingerprint density at radius 1 is 1.20 bits per heavy atom. The normalized spacial score (nSPS) is 10.9. The number of hydrogen-bond acceptors (Lipinski definition) is 1. The molecule has 1 nitrogen and oxygen atoms in total. The van der Waals surface area contributed by atoms with Gasteiger partial charge in [-0.3, -0.25) is 0 Å². The van der Waals surface area contributed by atoms with E-state index in [1.165, 1.54) is 5.56 Å². The minimum absolute atomic E-state index is 0.291. The lowest BCUT2D eigenvalue weighted by atomic mass is 9.99. The molecule has 1 unspecified atom stereocenters. The highest BCUT2D eigenvalue weighted by molar-refractivity contribution is 9.11. The van der Waals surface area contributed by atoms with Gasteiger partial charge in [0.2, 0.25) is 0 Å². The number of benzene rings is 1. The molecule has 1 aromatic carbocycles. The van der Waals surface area contributed by atoms with Crippen LogP contribution < -0.4 is 0 Å². The van der Waals surface area contributed by atoms with Crippen molar-refractivity contribution in [3.8, 4) is 6.07 Å². The van der Waals surface area contributed by atoms with E-state index in [1.54, 1.807) is 0 Å². The predicted molar refractivity (Wildman–Crippen MR) is 71.8 cm³/mol. The average Bonchev–Trinajstić information content (AvgIpc) is 2.20. The number of rotatable bonds is 2. The fourth-order valence-corrected chi connectivity index (χ4v) is 2.44. The van der Waals surface area contributed by atoms with Crippen molar-refractivity contribution < 1.29 is 0 Å². The zero-order chi connectivity index (χ0) is 11.8. The minimum atomic E-state index is 0.291. The van der Waals surface area contributed by atoms with Crippen LogP contribution >= 0.6 is 31.9 Å². The lowest BCUT2D eigenvalue weighted by Gasteiger charge is -2.08. The molecule has 0 spiro atoms. The summed E-state index contributed by atoms with van der Waals surface area (Å²) in [5.74, 6) is 0.291. The number of hydrogen-bond donors (Lipinski definition) is 0. The van der Waals surface area contributed by atoms with E-state index < -0.39 is 0 Å². The van der Waals surface area contributed by atoms with Crippen LogP contribution in [0.2, 0.25) is 0 Å². The molecule has 0 radical (unpaired) electrons. The van der Waals surface area contributed by atoms with Crippen LogP contribution in [0.3, 0.4) is 0 Å². The summed E-state index contributed by atoms with van der Waals surface area (Å²) in [5, 5.41) is 8.56. The van der Waals surface area contributed by atoms with Crippen molar-refractivity contribution in [1.82, 2.24) is 0 Å². The monoisotopic (exact) mass is 331 g/mol. The molecule has 0 fully saturated rings. The van der Waals surface area contributed by atoms with Crippen molar-refractivity contribution in [3.05, 3.63) is 32.7 Å². The largest absolute Gasteiger partial charge is 0.198 e. The Kier molecular flexibility index (Phi) is 7.72. The molecule has 3 heteroatoms. The van der Waals surface area contributed by atoms with Gasteiger partial charge in [0.15, 0.2) is 0 Å². The molecule has 1 rings (SSSR count). The van der Waals surface area contributed by atoms with Crippen LogP contribution in [-0.2, 0) is 0 Å². The van der Waals surface area contributed by atoms with Crippen LogP contribution in [0, 0.1) is 11.3 Å². The summed E-state index contributed by atoms with van der Waals surface area (Å²) >= 11 is 6.84. The Morgan fingerprint density at radius 3 is 2.07 bits per heavy atom. The van der Waals surface area contributed by atoms with Crippen molar-refractivity contribution in [2.24, 2.45) is 0 Å². The second-order valence-electron chi connectivity index (χ2n) is 2.97. The Labute approximate surface area is 109 Å². The van der Waals surface area contributed by atoms with Gasteiger partial charge in [-0.1, -0.05) is 52.6 Å². The van der Waals surface area contributed by atoms with E-state index >= 15 is 0 Å². The number of nitrogens with zero attached hydrogens (tertiary/aromatic N) is 1. The molecule has 1 aromatic rings. The maximum atomic E-state index is 8.56. The van der Waals surface area contributed by atoms with Gasteiger partial charge in [-0.2, -0.15) is 5.26 Å². The molecule has 0 bridgehead atoms. The lowest BCUT2D eigenvalue weighted by molar-refractivity contribution is 0.788. The van der Waals surface area contributed by atoms with E-state index in [9.17, 15) is 0 Å². The van der Waals surface area contributed by atoms with E-state index in [1.807, 2.05) is 32.0 Å². The first-order chi connectivity index (χ1) is 7.13. The smallest absolute Gasteiger partial charge is 0.0628 e. The van der Waals surface area contributed by atoms with Crippen molar-refractivity contribution >= 4 is 31.9 Å². The summed E-state index contributed by atoms with van der Waals surface area (Å²) in [6, 6.07) is 8.26. The summed E-state index contributed by atoms with van der Waals surface area (Å²) < 4.78 is 2.09. The van der Waals surface area contributed by atoms with Crippen LogP contribution in [0.25, 0.3) is 0 Å². The van der Waals surface area contributed by atoms with Crippen LogP contribution in [0.5, 0.6) is 0 Å². The third-order valence-corrected chi connectivity index (χ3v) is 2.77. The van der Waals surface area contributed by atoms with E-state index in [0.717, 1.165) is 8.95 Å². The standard InChI is InChI=1S/C10H9Br2N.C2H6/c1-7(2-3-13)8-4-9(11)6-10(12)5-8;1-2/h4-7H,2H2,1H3;1-2H3. The zero-order valence-corrected chi connectivity index (χ0v) is 12.4. The molecule has 0 amide bonds. The van der Waals surface area contributed by atoms with Gasteiger partial charge in [-0.15, -0.1) is 0 Å². The first-order valence-electron chi connectivity index (χ1n) is 4.96. The van der Waals surface area contributed by atoms with Crippen molar-refractivity contribution in [2.45, 2.75) is 33.1 Å². The van der Waals surface area contributed by atoms with Gasteiger partial charge in [-0.05, 0) is 29.7 Å². The molecule has 0 aliphatic heterocycles. The Bertz CT molecular complexity index is 322. The van der Waals surface area contributed by atoms with Gasteiger partial charge in [0.1, 0.15) is 0 Å². The van der Waals surface area contributed by atoms with Gasteiger partial charge in [-0.25, -0.2) is 0 Å². The summed E-state index contributed by atoms with van der Waals surface area (Å²) in [7, 11) is 0. The van der Waals surface area contributed by atoms with Crippen LogP contribution in [0.4, 0.5) is 0 Å². The van der Waals surface area contributed by atoms with Crippen molar-refractivity contribution in [3.63, 3.8) is 0 Å². The van der Waals surface area contributed by atoms with E-state index in [2.05, 4.69) is 44.9 Å². The molecule has 0 saturated heterocycles. The average molecular weight is 333 g/mol. The van der Waals surface area contributed by atoms with Crippen molar-refractivity contribution in [2.75, 3.05) is 0 Å². The summed E-state index contributed by atoms with van der Waals surface area (Å²) in [6.45, 7) is 6.05. The molecule has 0 aromatic heterocycles. The number of halogens is 2. The Hall–Kier alpha value is -0.330. The highest BCUT2D eigenvalue weighted by atomic mass is 79.9. The topological polar surface area (TPSA) is 23.8 Å². The zero-order valence-electron chi connectivity index (χ0n) is 9.22. The summed E-state index contributed by atoms with van der Waals surface area (Å²) in [6.07, 6.45) is 0.558. The lowest BCUT2D eigenvalue weighted by Crippen LogP contribution is -1.91. The van der Waals surface area contributed by atoms with E-state index in [-0.39, 0.29) is 0 Å². The molecule has 82 valence electrons. The first-order valence-corrected chi connectivity index (χ1v) is 6.55. The fraction of sp³-hybridized carbons (Fsp3) is 0.417. The molecular formula is C12H15Br2N. The summed E-state index contributed by atoms with van der Waals surface area (Å²) in [5.41, 5.74) is 1.18. The molecule has 0 aliphatic carbocycles. The number of nitriles is 1. The highest BCUT2D eigenvalue weighted by Crippen LogP contribution is 2.26. The fourth-order valence-electron chi connectivity index (χ4n) is 1.11. The maximum Gasteiger partial charge on any atom is 0.0628 e. The highest BCUT2D eigenvalue weighted by Gasteiger charge is 2.06. The molecule has 0 saturated carbocycles. The van der Waals surface area contributed by atoms with Crippen LogP contribution in [0.1, 0.15) is 38.7 Å². The van der Waals surface area contributed by atoms with E-state index in [4.69, 9.17) is 5.26 Å². The second kappa shape index (κ2) is 7.90. The Balaban J connectivity index is 0.000000921. The van der Waals surface area contributed by atoms with Crippen LogP contribution in [-0.4, -0.2) is 0 Å². The quantitative estimate of drug-likeness (QED) is 0.725. The van der Waals surface area contributed by atoms with E-state index in [0.29, 0.717) is 12.3 Å². The SMILES string of the molecule is CC.CC(CC#N)c1cc(Br)cc(Br)c1. The van der Waals surface area contributed by atoms with Gasteiger partial charge in [0, 0.05) is 15.4 Å². The van der Waals surface area contributed by atoms with Gasteiger partial charge >= 0.3 is 0 Å². The molecule has 0 heterocycles. The second-order valence-corrected chi connectivity index (χ2v) is 4.80. The molecule has 15 heavy (non-hydrogen) atoms. The minimum Gasteiger partial charge on any atom is -0.198 e. The predicted octanol–water partition coefficient (Wildman–Crippen LogP) is 5.25. The van der Waals surface area contributed by atoms with Crippen molar-refractivity contribution in [1.29, 1.82) is 5.26 Å². The third kappa shape index (κ3) is 5.34. The van der Waals surface area contributed by atoms with Gasteiger partial charge in [0.25, 0.3) is 0 Å². The van der Waals surface area contributed by atoms with Gasteiger partial charge < -0.3 is 0 Å². The summed E-state index contributed by atoms with van der Waals surface area (Å²) in [4.78, 5) is 0. The Morgan fingerprint density at radius 2 is 1.67 bits per heavy atom. The van der Waals surface area contributed by atoms with Gasteiger partial charge in [0.05, 0.1) is 6.07 Å². The molecule has 1 atom stereocenters. The molecule has 0 N–H and O–H groups in total. The molecular weight excluding hydrogens is 318 g/mol.